The standard InChI is InChI=1S/C15H16ClN3OS/c1-10(16)15-18-13-3-2-11(9-17)8-14(13)19(15)12-4-6-21(20)7-5-12/h2-3,8,10,12H,4-7H2,1H3. The lowest BCUT2D eigenvalue weighted by Crippen LogP contribution is -2.23. The minimum Gasteiger partial charge on any atom is -0.324 e. The number of halogens is 1. The van der Waals surface area contributed by atoms with Gasteiger partial charge in [-0.15, -0.1) is 11.6 Å². The molecule has 2 aromatic rings. The van der Waals surface area contributed by atoms with Crippen LogP contribution in [0.15, 0.2) is 18.2 Å². The normalized spacial score (nSPS) is 23.9. The second kappa shape index (κ2) is 5.78. The van der Waals surface area contributed by atoms with Crippen molar-refractivity contribution in [3.8, 4) is 6.07 Å². The maximum absolute atomic E-state index is 11.6. The Labute approximate surface area is 131 Å². The zero-order valence-corrected chi connectivity index (χ0v) is 13.3. The highest BCUT2D eigenvalue weighted by Gasteiger charge is 2.25. The minimum atomic E-state index is -0.699. The van der Waals surface area contributed by atoms with Crippen molar-refractivity contribution in [2.45, 2.75) is 31.2 Å². The lowest BCUT2D eigenvalue weighted by molar-refractivity contribution is 0.457. The topological polar surface area (TPSA) is 58.7 Å². The van der Waals surface area contributed by atoms with Gasteiger partial charge in [-0.05, 0) is 38.0 Å². The van der Waals surface area contributed by atoms with Crippen molar-refractivity contribution in [1.82, 2.24) is 9.55 Å². The second-order valence-electron chi connectivity index (χ2n) is 5.35. The predicted molar refractivity (Wildman–Crippen MR) is 84.9 cm³/mol. The number of hydrogen-bond donors (Lipinski definition) is 0. The van der Waals surface area contributed by atoms with Crippen LogP contribution in [0.25, 0.3) is 11.0 Å². The first-order valence-corrected chi connectivity index (χ1v) is 8.93. The third kappa shape index (κ3) is 2.70. The summed E-state index contributed by atoms with van der Waals surface area (Å²) in [5, 5.41) is 8.90. The summed E-state index contributed by atoms with van der Waals surface area (Å²) in [5.41, 5.74) is 2.44. The van der Waals surface area contributed by atoms with Crippen molar-refractivity contribution < 1.29 is 4.21 Å². The fourth-order valence-corrected chi connectivity index (χ4v) is 4.31. The molecule has 1 aliphatic heterocycles. The zero-order chi connectivity index (χ0) is 15.0. The van der Waals surface area contributed by atoms with Gasteiger partial charge in [0.05, 0.1) is 28.0 Å². The van der Waals surface area contributed by atoms with Gasteiger partial charge in [0.1, 0.15) is 5.82 Å². The first-order chi connectivity index (χ1) is 10.1. The van der Waals surface area contributed by atoms with Gasteiger partial charge in [-0.2, -0.15) is 5.26 Å². The van der Waals surface area contributed by atoms with Gasteiger partial charge in [0.25, 0.3) is 0 Å². The van der Waals surface area contributed by atoms with E-state index in [-0.39, 0.29) is 11.4 Å². The summed E-state index contributed by atoms with van der Waals surface area (Å²) in [4.78, 5) is 4.63. The molecule has 0 amide bonds. The smallest absolute Gasteiger partial charge is 0.127 e. The van der Waals surface area contributed by atoms with Crippen LogP contribution in [0.4, 0.5) is 0 Å². The first-order valence-electron chi connectivity index (χ1n) is 7.01. The van der Waals surface area contributed by atoms with Crippen LogP contribution in [0, 0.1) is 11.3 Å². The Balaban J connectivity index is 2.15. The van der Waals surface area contributed by atoms with Crippen LogP contribution in [-0.4, -0.2) is 25.3 Å². The molecule has 1 aromatic heterocycles. The highest BCUT2D eigenvalue weighted by Crippen LogP contribution is 2.33. The Bertz CT molecular complexity index is 737. The van der Waals surface area contributed by atoms with Gasteiger partial charge in [-0.3, -0.25) is 4.21 Å². The molecule has 4 nitrogen and oxygen atoms in total. The predicted octanol–water partition coefficient (Wildman–Crippen LogP) is 3.29. The summed E-state index contributed by atoms with van der Waals surface area (Å²) in [6.07, 6.45) is 1.73. The maximum Gasteiger partial charge on any atom is 0.127 e. The molecule has 21 heavy (non-hydrogen) atoms. The summed E-state index contributed by atoms with van der Waals surface area (Å²) < 4.78 is 13.7. The molecule has 0 bridgehead atoms. The molecule has 2 heterocycles. The maximum atomic E-state index is 11.6. The van der Waals surface area contributed by atoms with Gasteiger partial charge < -0.3 is 4.57 Å². The average Bonchev–Trinajstić information content (AvgIpc) is 2.86. The van der Waals surface area contributed by atoms with Crippen LogP contribution in [0.1, 0.15) is 42.6 Å². The monoisotopic (exact) mass is 321 g/mol. The van der Waals surface area contributed by atoms with Crippen molar-refractivity contribution >= 4 is 33.4 Å². The molecule has 1 aliphatic rings. The Kier molecular flexibility index (Phi) is 4.01. The molecule has 110 valence electrons. The Morgan fingerprint density at radius 1 is 1.48 bits per heavy atom. The first kappa shape index (κ1) is 14.6. The van der Waals surface area contributed by atoms with Gasteiger partial charge in [-0.1, -0.05) is 0 Å². The summed E-state index contributed by atoms with van der Waals surface area (Å²) in [6.45, 7) is 1.91. The average molecular weight is 322 g/mol. The van der Waals surface area contributed by atoms with E-state index in [1.54, 1.807) is 6.07 Å². The molecule has 6 heteroatoms. The van der Waals surface area contributed by atoms with Crippen molar-refractivity contribution in [1.29, 1.82) is 5.26 Å². The molecular weight excluding hydrogens is 306 g/mol. The highest BCUT2D eigenvalue weighted by molar-refractivity contribution is 7.85. The fourth-order valence-electron chi connectivity index (χ4n) is 2.89. The van der Waals surface area contributed by atoms with Crippen molar-refractivity contribution in [3.05, 3.63) is 29.6 Å². The van der Waals surface area contributed by atoms with Crippen molar-refractivity contribution in [2.75, 3.05) is 11.5 Å². The second-order valence-corrected chi connectivity index (χ2v) is 7.70. The molecule has 1 atom stereocenters. The van der Waals surface area contributed by atoms with Crippen molar-refractivity contribution in [2.24, 2.45) is 0 Å². The molecular formula is C15H16ClN3OS. The van der Waals surface area contributed by atoms with E-state index in [0.717, 1.165) is 41.2 Å². The SMILES string of the molecule is CC(Cl)c1nc2ccc(C#N)cc2n1C1CCS(=O)CC1. The third-order valence-electron chi connectivity index (χ3n) is 3.92. The van der Waals surface area contributed by atoms with E-state index in [1.165, 1.54) is 0 Å². The van der Waals surface area contributed by atoms with Gasteiger partial charge in [-0.25, -0.2) is 4.98 Å². The lowest BCUT2D eigenvalue weighted by Gasteiger charge is -2.25. The summed E-state index contributed by atoms with van der Waals surface area (Å²) >= 11 is 6.29. The van der Waals surface area contributed by atoms with Gasteiger partial charge in [0.15, 0.2) is 0 Å². The summed E-state index contributed by atoms with van der Waals surface area (Å²) in [7, 11) is -0.699. The number of imidazole rings is 1. The van der Waals surface area contributed by atoms with Crippen LogP contribution >= 0.6 is 11.6 Å². The lowest BCUT2D eigenvalue weighted by atomic mass is 10.1. The summed E-state index contributed by atoms with van der Waals surface area (Å²) in [5.74, 6) is 2.27. The van der Waals surface area contributed by atoms with Gasteiger partial charge in [0.2, 0.25) is 0 Å². The van der Waals surface area contributed by atoms with Crippen LogP contribution in [-0.2, 0) is 10.8 Å². The number of rotatable bonds is 2. The molecule has 0 N–H and O–H groups in total. The van der Waals surface area contributed by atoms with Gasteiger partial charge >= 0.3 is 0 Å². The number of hydrogen-bond acceptors (Lipinski definition) is 3. The minimum absolute atomic E-state index is 0.199. The third-order valence-corrected chi connectivity index (χ3v) is 5.50. The van der Waals surface area contributed by atoms with Gasteiger partial charge in [0, 0.05) is 28.3 Å². The van der Waals surface area contributed by atoms with E-state index in [2.05, 4.69) is 15.6 Å². The number of alkyl halides is 1. The molecule has 0 aliphatic carbocycles. The van der Waals surface area contributed by atoms with Crippen molar-refractivity contribution in [3.63, 3.8) is 0 Å². The van der Waals surface area contributed by atoms with E-state index in [9.17, 15) is 4.21 Å². The number of nitrogens with zero attached hydrogens (tertiary/aromatic N) is 3. The molecule has 1 aromatic carbocycles. The van der Waals surface area contributed by atoms with E-state index in [1.807, 2.05) is 19.1 Å². The number of fused-ring (bicyclic) bond motifs is 1. The molecule has 1 fully saturated rings. The Morgan fingerprint density at radius 3 is 2.81 bits per heavy atom. The summed E-state index contributed by atoms with van der Waals surface area (Å²) in [6, 6.07) is 7.95. The molecule has 1 saturated heterocycles. The number of benzene rings is 1. The molecule has 0 saturated carbocycles. The van der Waals surface area contributed by atoms with Crippen LogP contribution in [0.3, 0.4) is 0 Å². The largest absolute Gasteiger partial charge is 0.324 e. The highest BCUT2D eigenvalue weighted by atomic mass is 35.5. The van der Waals surface area contributed by atoms with E-state index < -0.39 is 10.8 Å². The van der Waals surface area contributed by atoms with E-state index >= 15 is 0 Å². The Hall–Kier alpha value is -1.38. The molecule has 1 unspecified atom stereocenters. The number of nitriles is 1. The Morgan fingerprint density at radius 2 is 2.19 bits per heavy atom. The zero-order valence-electron chi connectivity index (χ0n) is 11.8. The quantitative estimate of drug-likeness (QED) is 0.797. The van der Waals surface area contributed by atoms with Crippen LogP contribution in [0.2, 0.25) is 0 Å². The fraction of sp³-hybridized carbons (Fsp3) is 0.467. The van der Waals surface area contributed by atoms with E-state index in [4.69, 9.17) is 16.9 Å². The van der Waals surface area contributed by atoms with E-state index in [0.29, 0.717) is 5.56 Å². The molecule has 3 rings (SSSR count). The van der Waals surface area contributed by atoms with Crippen LogP contribution in [0.5, 0.6) is 0 Å². The molecule has 0 spiro atoms. The number of aromatic nitrogens is 2. The van der Waals surface area contributed by atoms with Crippen LogP contribution < -0.4 is 0 Å². The molecule has 0 radical (unpaired) electrons.